The van der Waals surface area contributed by atoms with Gasteiger partial charge in [-0.25, -0.2) is 0 Å². The fourth-order valence-electron chi connectivity index (χ4n) is 2.85. The number of carbonyl (C=O) groups excluding carboxylic acids is 2. The summed E-state index contributed by atoms with van der Waals surface area (Å²) in [6.45, 7) is 0.121. The third-order valence-corrected chi connectivity index (χ3v) is 4.91. The number of ether oxygens (including phenoxy) is 1. The van der Waals surface area contributed by atoms with Crippen LogP contribution in [0.5, 0.6) is 0 Å². The van der Waals surface area contributed by atoms with Gasteiger partial charge in [0.25, 0.3) is 0 Å². The van der Waals surface area contributed by atoms with Crippen molar-refractivity contribution >= 4 is 23.4 Å². The highest BCUT2D eigenvalue weighted by molar-refractivity contribution is 6.31. The lowest BCUT2D eigenvalue weighted by atomic mass is 10.0. The van der Waals surface area contributed by atoms with Crippen molar-refractivity contribution in [3.63, 3.8) is 0 Å². The van der Waals surface area contributed by atoms with Gasteiger partial charge in [0.05, 0.1) is 25.2 Å². The maximum absolute atomic E-state index is 12.1. The molecule has 7 heteroatoms. The first-order valence-electron chi connectivity index (χ1n) is 8.82. The molecule has 0 aromatic heterocycles. The zero-order chi connectivity index (χ0) is 18.5. The van der Waals surface area contributed by atoms with Crippen LogP contribution in [-0.4, -0.2) is 41.8 Å². The summed E-state index contributed by atoms with van der Waals surface area (Å²) in [6.07, 6.45) is 4.55. The number of rotatable bonds is 7. The fraction of sp³-hybridized carbons (Fsp3) is 0.474. The van der Waals surface area contributed by atoms with Crippen molar-refractivity contribution in [1.29, 1.82) is 0 Å². The second-order valence-corrected chi connectivity index (χ2v) is 7.07. The van der Waals surface area contributed by atoms with Gasteiger partial charge in [-0.1, -0.05) is 42.0 Å². The van der Waals surface area contributed by atoms with Crippen molar-refractivity contribution in [3.8, 4) is 0 Å². The molecule has 0 saturated heterocycles. The van der Waals surface area contributed by atoms with Crippen LogP contribution in [0.15, 0.2) is 36.4 Å². The van der Waals surface area contributed by atoms with E-state index in [2.05, 4.69) is 10.6 Å². The number of amides is 2. The van der Waals surface area contributed by atoms with E-state index >= 15 is 0 Å². The van der Waals surface area contributed by atoms with Gasteiger partial charge in [0.15, 0.2) is 0 Å². The Hall–Kier alpha value is -1.89. The van der Waals surface area contributed by atoms with Crippen LogP contribution in [-0.2, 0) is 20.9 Å². The van der Waals surface area contributed by atoms with E-state index in [1.165, 1.54) is 0 Å². The Balaban J connectivity index is 1.49. The molecule has 1 aromatic rings. The number of carbonyl (C=O) groups is 2. The minimum absolute atomic E-state index is 0.00219. The predicted octanol–water partition coefficient (Wildman–Crippen LogP) is 1.56. The molecule has 1 saturated carbocycles. The summed E-state index contributed by atoms with van der Waals surface area (Å²) < 4.78 is 5.76. The largest absolute Gasteiger partial charge is 0.394 e. The summed E-state index contributed by atoms with van der Waals surface area (Å²) in [7, 11) is 0. The smallest absolute Gasteiger partial charge is 0.223 e. The average molecular weight is 379 g/mol. The molecule has 0 unspecified atom stereocenters. The summed E-state index contributed by atoms with van der Waals surface area (Å²) >= 11 is 6.07. The van der Waals surface area contributed by atoms with Gasteiger partial charge in [-0.05, 0) is 24.5 Å². The lowest BCUT2D eigenvalue weighted by Gasteiger charge is -2.31. The maximum atomic E-state index is 12.1. The molecule has 0 spiro atoms. The summed E-state index contributed by atoms with van der Waals surface area (Å²) in [6, 6.07) is 6.96. The lowest BCUT2D eigenvalue weighted by Crippen LogP contribution is -2.49. The fourth-order valence-corrected chi connectivity index (χ4v) is 3.06. The first kappa shape index (κ1) is 18.9. The number of hydrogen-bond donors (Lipinski definition) is 3. The number of hydrogen-bond acceptors (Lipinski definition) is 4. The molecule has 26 heavy (non-hydrogen) atoms. The molecule has 3 rings (SSSR count). The Morgan fingerprint density at radius 2 is 2.00 bits per heavy atom. The van der Waals surface area contributed by atoms with E-state index in [0.717, 1.165) is 18.4 Å². The van der Waals surface area contributed by atoms with E-state index in [4.69, 9.17) is 16.3 Å². The summed E-state index contributed by atoms with van der Waals surface area (Å²) in [5.74, 6) is -0.0783. The Kier molecular flexibility index (Phi) is 6.29. The molecule has 1 aliphatic heterocycles. The molecule has 3 N–H and O–H groups in total. The van der Waals surface area contributed by atoms with Gasteiger partial charge in [-0.15, -0.1) is 0 Å². The van der Waals surface area contributed by atoms with E-state index < -0.39 is 12.2 Å². The van der Waals surface area contributed by atoms with Crippen molar-refractivity contribution in [2.75, 3.05) is 6.61 Å². The topological polar surface area (TPSA) is 87.7 Å². The van der Waals surface area contributed by atoms with Crippen LogP contribution in [0.1, 0.15) is 24.8 Å². The van der Waals surface area contributed by atoms with Crippen molar-refractivity contribution in [3.05, 3.63) is 47.0 Å². The van der Waals surface area contributed by atoms with E-state index in [-0.39, 0.29) is 36.8 Å². The molecule has 3 atom stereocenters. The molecule has 2 aliphatic rings. The third kappa shape index (κ3) is 5.06. The zero-order valence-corrected chi connectivity index (χ0v) is 15.1. The van der Waals surface area contributed by atoms with Crippen molar-refractivity contribution in [2.45, 2.75) is 44.1 Å². The number of aliphatic hydroxyl groups excluding tert-OH is 1. The molecule has 1 fully saturated rings. The highest BCUT2D eigenvalue weighted by Crippen LogP contribution is 2.29. The molecular weight excluding hydrogens is 356 g/mol. The zero-order valence-electron chi connectivity index (χ0n) is 14.4. The second kappa shape index (κ2) is 8.66. The van der Waals surface area contributed by atoms with E-state index in [9.17, 15) is 14.7 Å². The summed E-state index contributed by atoms with van der Waals surface area (Å²) in [4.78, 5) is 24.0. The van der Waals surface area contributed by atoms with Crippen LogP contribution in [0.25, 0.3) is 0 Å². The van der Waals surface area contributed by atoms with E-state index in [1.807, 2.05) is 18.2 Å². The molecule has 0 radical (unpaired) electrons. The standard InChI is InChI=1S/C19H23ClN2O4/c20-15-4-2-1-3-13(15)10-21-18(24)9-14-7-8-16(17(11-23)26-14)22-19(25)12-5-6-12/h1-4,7-8,12,14,16-17,23H,5-6,9-11H2,(H,21,24)(H,22,25)/t14-,16-,17+/m1/s1. The second-order valence-electron chi connectivity index (χ2n) is 6.66. The highest BCUT2D eigenvalue weighted by atomic mass is 35.5. The molecular formula is C19H23ClN2O4. The first-order valence-corrected chi connectivity index (χ1v) is 9.19. The highest BCUT2D eigenvalue weighted by Gasteiger charge is 2.34. The number of nitrogens with one attached hydrogen (secondary N) is 2. The van der Waals surface area contributed by atoms with Gasteiger partial charge in [0, 0.05) is 17.5 Å². The maximum Gasteiger partial charge on any atom is 0.223 e. The van der Waals surface area contributed by atoms with Crippen molar-refractivity contribution in [2.24, 2.45) is 5.92 Å². The molecule has 1 aliphatic carbocycles. The van der Waals surface area contributed by atoms with Gasteiger partial charge in [-0.3, -0.25) is 9.59 Å². The third-order valence-electron chi connectivity index (χ3n) is 4.54. The predicted molar refractivity (Wildman–Crippen MR) is 97.5 cm³/mol. The molecule has 1 aromatic carbocycles. The molecule has 0 bridgehead atoms. The number of benzene rings is 1. The van der Waals surface area contributed by atoms with E-state index in [0.29, 0.717) is 11.6 Å². The van der Waals surface area contributed by atoms with Crippen LogP contribution in [0.2, 0.25) is 5.02 Å². The van der Waals surface area contributed by atoms with Crippen molar-refractivity contribution in [1.82, 2.24) is 10.6 Å². The summed E-state index contributed by atoms with van der Waals surface area (Å²) in [5.41, 5.74) is 0.846. The molecule has 140 valence electrons. The molecule has 6 nitrogen and oxygen atoms in total. The van der Waals surface area contributed by atoms with Gasteiger partial charge in [0.2, 0.25) is 11.8 Å². The van der Waals surface area contributed by atoms with Crippen LogP contribution in [0.3, 0.4) is 0 Å². The van der Waals surface area contributed by atoms with Gasteiger partial charge in [0.1, 0.15) is 6.10 Å². The minimum atomic E-state index is -0.552. The van der Waals surface area contributed by atoms with Crippen LogP contribution in [0, 0.1) is 5.92 Å². The normalized spacial score (nSPS) is 24.9. The molecule has 2 amide bonds. The Labute approximate surface area is 157 Å². The van der Waals surface area contributed by atoms with Crippen molar-refractivity contribution < 1.29 is 19.4 Å². The average Bonchev–Trinajstić information content (AvgIpc) is 3.47. The Morgan fingerprint density at radius 3 is 2.69 bits per heavy atom. The molecule has 1 heterocycles. The SMILES string of the molecule is O=C(C[C@H]1C=C[C@@H](NC(=O)C2CC2)[C@H](CO)O1)NCc1ccccc1Cl. The number of aliphatic hydroxyl groups is 1. The monoisotopic (exact) mass is 378 g/mol. The van der Waals surface area contributed by atoms with Crippen LogP contribution < -0.4 is 10.6 Å². The van der Waals surface area contributed by atoms with E-state index in [1.54, 1.807) is 18.2 Å². The van der Waals surface area contributed by atoms with Crippen LogP contribution >= 0.6 is 11.6 Å². The lowest BCUT2D eigenvalue weighted by molar-refractivity contribution is -0.128. The first-order chi connectivity index (χ1) is 12.6. The van der Waals surface area contributed by atoms with Crippen LogP contribution in [0.4, 0.5) is 0 Å². The quantitative estimate of drug-likeness (QED) is 0.628. The minimum Gasteiger partial charge on any atom is -0.394 e. The Morgan fingerprint density at radius 1 is 1.23 bits per heavy atom. The van der Waals surface area contributed by atoms with Gasteiger partial charge >= 0.3 is 0 Å². The summed E-state index contributed by atoms with van der Waals surface area (Å²) in [5, 5.41) is 15.8. The van der Waals surface area contributed by atoms with Gasteiger partial charge in [-0.2, -0.15) is 0 Å². The Bertz CT molecular complexity index is 690. The van der Waals surface area contributed by atoms with Gasteiger partial charge < -0.3 is 20.5 Å². The number of halogens is 1.